The van der Waals surface area contributed by atoms with Gasteiger partial charge in [0.25, 0.3) is 0 Å². The Morgan fingerprint density at radius 3 is 2.62 bits per heavy atom. The largest absolute Gasteiger partial charge is 0.493 e. The van der Waals surface area contributed by atoms with Crippen LogP contribution < -0.4 is 14.8 Å². The first-order valence-corrected chi connectivity index (χ1v) is 7.55. The van der Waals surface area contributed by atoms with Crippen molar-refractivity contribution in [3.8, 4) is 22.9 Å². The van der Waals surface area contributed by atoms with Crippen molar-refractivity contribution in [2.75, 3.05) is 19.5 Å². The summed E-state index contributed by atoms with van der Waals surface area (Å²) in [6, 6.07) is 14.1. The van der Waals surface area contributed by atoms with Crippen LogP contribution in [0.2, 0.25) is 0 Å². The number of nitrogens with one attached hydrogen (secondary N) is 1. The molecule has 0 atom stereocenters. The number of rotatable bonds is 6. The Morgan fingerprint density at radius 1 is 1.04 bits per heavy atom. The molecule has 0 aliphatic carbocycles. The van der Waals surface area contributed by atoms with E-state index in [-0.39, 0.29) is 0 Å². The van der Waals surface area contributed by atoms with Crippen molar-refractivity contribution in [3.63, 3.8) is 0 Å². The van der Waals surface area contributed by atoms with E-state index in [9.17, 15) is 0 Å². The molecule has 0 unspecified atom stereocenters. The van der Waals surface area contributed by atoms with Gasteiger partial charge in [-0.1, -0.05) is 35.0 Å². The zero-order valence-corrected chi connectivity index (χ0v) is 13.9. The Hall–Kier alpha value is -3.02. The maximum Gasteiger partial charge on any atom is 0.322 e. The zero-order valence-electron chi connectivity index (χ0n) is 13.9. The Kier molecular flexibility index (Phi) is 4.65. The van der Waals surface area contributed by atoms with Gasteiger partial charge in [-0.25, -0.2) is 0 Å². The van der Waals surface area contributed by atoms with Gasteiger partial charge < -0.3 is 19.3 Å². The fraction of sp³-hybridized carbons (Fsp3) is 0.222. The maximum atomic E-state index is 5.30. The molecule has 0 saturated carbocycles. The van der Waals surface area contributed by atoms with Gasteiger partial charge in [-0.15, -0.1) is 0 Å². The van der Waals surface area contributed by atoms with Crippen molar-refractivity contribution in [2.45, 2.75) is 13.5 Å². The van der Waals surface area contributed by atoms with E-state index in [1.807, 2.05) is 49.4 Å². The second kappa shape index (κ2) is 7.04. The minimum Gasteiger partial charge on any atom is -0.493 e. The number of hydrogen-bond acceptors (Lipinski definition) is 6. The first-order chi connectivity index (χ1) is 11.7. The second-order valence-corrected chi connectivity index (χ2v) is 5.34. The molecule has 0 bridgehead atoms. The van der Waals surface area contributed by atoms with Gasteiger partial charge in [0.05, 0.1) is 14.2 Å². The molecule has 124 valence electrons. The SMILES string of the molecule is COc1ccc(CNc2nc(-c3cccc(C)c3)no2)cc1OC. The van der Waals surface area contributed by atoms with Gasteiger partial charge in [0.15, 0.2) is 11.5 Å². The molecular formula is C18H19N3O3. The van der Waals surface area contributed by atoms with Gasteiger partial charge in [-0.05, 0) is 30.7 Å². The first kappa shape index (κ1) is 15.9. The maximum absolute atomic E-state index is 5.30. The molecule has 0 spiro atoms. The Labute approximate surface area is 140 Å². The number of anilines is 1. The molecule has 1 N–H and O–H groups in total. The van der Waals surface area contributed by atoms with Crippen LogP contribution in [0.5, 0.6) is 11.5 Å². The fourth-order valence-corrected chi connectivity index (χ4v) is 2.36. The highest BCUT2D eigenvalue weighted by atomic mass is 16.5. The van der Waals surface area contributed by atoms with E-state index < -0.39 is 0 Å². The van der Waals surface area contributed by atoms with Crippen molar-refractivity contribution < 1.29 is 14.0 Å². The van der Waals surface area contributed by atoms with E-state index in [1.165, 1.54) is 0 Å². The van der Waals surface area contributed by atoms with E-state index in [1.54, 1.807) is 14.2 Å². The Balaban J connectivity index is 1.69. The molecule has 0 saturated heterocycles. The normalized spacial score (nSPS) is 10.5. The standard InChI is InChI=1S/C18H19N3O3/c1-12-5-4-6-14(9-12)17-20-18(24-21-17)19-11-13-7-8-15(22-2)16(10-13)23-3/h4-10H,11H2,1-3H3,(H,19,20,21). The average molecular weight is 325 g/mol. The zero-order chi connectivity index (χ0) is 16.9. The van der Waals surface area contributed by atoms with Gasteiger partial charge >= 0.3 is 6.01 Å². The van der Waals surface area contributed by atoms with Crippen LogP contribution in [0.15, 0.2) is 47.0 Å². The van der Waals surface area contributed by atoms with Gasteiger partial charge in [0.2, 0.25) is 5.82 Å². The molecular weight excluding hydrogens is 306 g/mol. The quantitative estimate of drug-likeness (QED) is 0.745. The van der Waals surface area contributed by atoms with Crippen molar-refractivity contribution in [2.24, 2.45) is 0 Å². The minimum atomic E-state index is 0.376. The number of nitrogens with zero attached hydrogens (tertiary/aromatic N) is 2. The molecule has 2 aromatic carbocycles. The number of benzene rings is 2. The van der Waals surface area contributed by atoms with Gasteiger partial charge in [-0.2, -0.15) is 4.98 Å². The third kappa shape index (κ3) is 3.48. The van der Waals surface area contributed by atoms with Crippen molar-refractivity contribution >= 4 is 6.01 Å². The summed E-state index contributed by atoms with van der Waals surface area (Å²) in [6.45, 7) is 2.57. The Bertz CT molecular complexity index is 830. The number of methoxy groups -OCH3 is 2. The molecule has 1 aromatic heterocycles. The molecule has 6 heteroatoms. The highest BCUT2D eigenvalue weighted by Crippen LogP contribution is 2.28. The summed E-state index contributed by atoms with van der Waals surface area (Å²) in [4.78, 5) is 4.37. The smallest absolute Gasteiger partial charge is 0.322 e. The third-order valence-electron chi connectivity index (χ3n) is 3.59. The average Bonchev–Trinajstić information content (AvgIpc) is 3.08. The summed E-state index contributed by atoms with van der Waals surface area (Å²) < 4.78 is 15.8. The van der Waals surface area contributed by atoms with Crippen molar-refractivity contribution in [1.82, 2.24) is 10.1 Å². The monoisotopic (exact) mass is 325 g/mol. The van der Waals surface area contributed by atoms with E-state index >= 15 is 0 Å². The van der Waals surface area contributed by atoms with Crippen LogP contribution in [0.3, 0.4) is 0 Å². The predicted octanol–water partition coefficient (Wildman–Crippen LogP) is 3.67. The highest BCUT2D eigenvalue weighted by molar-refractivity contribution is 5.56. The van der Waals surface area contributed by atoms with E-state index in [2.05, 4.69) is 15.5 Å². The van der Waals surface area contributed by atoms with Crippen LogP contribution in [0, 0.1) is 6.92 Å². The highest BCUT2D eigenvalue weighted by Gasteiger charge is 2.09. The van der Waals surface area contributed by atoms with Crippen LogP contribution in [0.25, 0.3) is 11.4 Å². The van der Waals surface area contributed by atoms with E-state index in [0.29, 0.717) is 29.9 Å². The first-order valence-electron chi connectivity index (χ1n) is 7.55. The molecule has 1 heterocycles. The van der Waals surface area contributed by atoms with Crippen LogP contribution in [0.4, 0.5) is 6.01 Å². The number of aryl methyl sites for hydroxylation is 1. The molecule has 3 aromatic rings. The second-order valence-electron chi connectivity index (χ2n) is 5.34. The third-order valence-corrected chi connectivity index (χ3v) is 3.59. The molecule has 0 amide bonds. The van der Waals surface area contributed by atoms with E-state index in [0.717, 1.165) is 16.7 Å². The molecule has 0 aliphatic heterocycles. The molecule has 0 aliphatic rings. The molecule has 0 fully saturated rings. The lowest BCUT2D eigenvalue weighted by atomic mass is 10.1. The molecule has 0 radical (unpaired) electrons. The fourth-order valence-electron chi connectivity index (χ4n) is 2.36. The lowest BCUT2D eigenvalue weighted by Crippen LogP contribution is -2.00. The lowest BCUT2D eigenvalue weighted by Gasteiger charge is -2.09. The summed E-state index contributed by atoms with van der Waals surface area (Å²) in [5.74, 6) is 1.94. The molecule has 6 nitrogen and oxygen atoms in total. The molecule has 3 rings (SSSR count). The molecule has 24 heavy (non-hydrogen) atoms. The summed E-state index contributed by atoms with van der Waals surface area (Å²) >= 11 is 0. The van der Waals surface area contributed by atoms with Crippen LogP contribution in [-0.2, 0) is 6.54 Å². The van der Waals surface area contributed by atoms with Gasteiger partial charge in [-0.3, -0.25) is 0 Å². The lowest BCUT2D eigenvalue weighted by molar-refractivity contribution is 0.354. The number of aromatic nitrogens is 2. The number of hydrogen-bond donors (Lipinski definition) is 1. The summed E-state index contributed by atoms with van der Waals surface area (Å²) in [6.07, 6.45) is 0. The van der Waals surface area contributed by atoms with Gasteiger partial charge in [0, 0.05) is 12.1 Å². The topological polar surface area (TPSA) is 69.4 Å². The summed E-state index contributed by atoms with van der Waals surface area (Å²) in [5.41, 5.74) is 3.10. The summed E-state index contributed by atoms with van der Waals surface area (Å²) in [5, 5.41) is 7.13. The predicted molar refractivity (Wildman–Crippen MR) is 91.3 cm³/mol. The van der Waals surface area contributed by atoms with Crippen molar-refractivity contribution in [1.29, 1.82) is 0 Å². The van der Waals surface area contributed by atoms with Crippen LogP contribution >= 0.6 is 0 Å². The number of ether oxygens (including phenoxy) is 2. The summed E-state index contributed by atoms with van der Waals surface area (Å²) in [7, 11) is 3.22. The van der Waals surface area contributed by atoms with Crippen LogP contribution in [-0.4, -0.2) is 24.4 Å². The van der Waals surface area contributed by atoms with Crippen molar-refractivity contribution in [3.05, 3.63) is 53.6 Å². The van der Waals surface area contributed by atoms with Gasteiger partial charge in [0.1, 0.15) is 0 Å². The Morgan fingerprint density at radius 2 is 1.88 bits per heavy atom. The minimum absolute atomic E-state index is 0.376. The van der Waals surface area contributed by atoms with E-state index in [4.69, 9.17) is 14.0 Å². The van der Waals surface area contributed by atoms with Crippen LogP contribution in [0.1, 0.15) is 11.1 Å².